The van der Waals surface area contributed by atoms with E-state index in [2.05, 4.69) is 40.3 Å². The van der Waals surface area contributed by atoms with Crippen molar-refractivity contribution in [1.82, 2.24) is 0 Å². The van der Waals surface area contributed by atoms with Gasteiger partial charge in [-0.05, 0) is 30.6 Å². The van der Waals surface area contributed by atoms with Crippen molar-refractivity contribution in [3.05, 3.63) is 12.7 Å². The van der Waals surface area contributed by atoms with Crippen LogP contribution in [0.2, 0.25) is 0 Å². The van der Waals surface area contributed by atoms with Crippen LogP contribution < -0.4 is 0 Å². The Kier molecular flexibility index (Phi) is 6.96. The van der Waals surface area contributed by atoms with E-state index in [1.165, 1.54) is 38.5 Å². The van der Waals surface area contributed by atoms with Gasteiger partial charge in [0.1, 0.15) is 0 Å². The second kappa shape index (κ2) is 7.09. The summed E-state index contributed by atoms with van der Waals surface area (Å²) in [7, 11) is 0. The third-order valence-electron chi connectivity index (χ3n) is 3.37. The number of rotatable bonds is 8. The highest BCUT2D eigenvalue weighted by Gasteiger charge is 2.20. The van der Waals surface area contributed by atoms with Gasteiger partial charge in [0.05, 0.1) is 0 Å². The molecule has 0 fully saturated rings. The van der Waals surface area contributed by atoms with Gasteiger partial charge in [-0.3, -0.25) is 0 Å². The first-order chi connectivity index (χ1) is 6.54. The summed E-state index contributed by atoms with van der Waals surface area (Å²) in [5.41, 5.74) is 0.559. The standard InChI is InChI=1S/C14H28/c1-6-8-11-14(5,7-2)12-9-10-13(3)4/h6,13H,1,7-12H2,2-5H3. The van der Waals surface area contributed by atoms with Crippen LogP contribution in [0.5, 0.6) is 0 Å². The number of hydrogen-bond donors (Lipinski definition) is 0. The molecule has 0 nitrogen and oxygen atoms in total. The first kappa shape index (κ1) is 13.7. The van der Waals surface area contributed by atoms with Gasteiger partial charge in [0, 0.05) is 0 Å². The molecular weight excluding hydrogens is 168 g/mol. The van der Waals surface area contributed by atoms with E-state index in [9.17, 15) is 0 Å². The molecule has 0 aromatic carbocycles. The number of allylic oxidation sites excluding steroid dienone is 1. The molecule has 0 bridgehead atoms. The minimum atomic E-state index is 0.559. The maximum absolute atomic E-state index is 3.81. The Morgan fingerprint density at radius 1 is 1.29 bits per heavy atom. The monoisotopic (exact) mass is 196 g/mol. The molecule has 0 amide bonds. The molecule has 0 heterocycles. The molecule has 14 heavy (non-hydrogen) atoms. The molecule has 0 spiro atoms. The minimum absolute atomic E-state index is 0.559. The quantitative estimate of drug-likeness (QED) is 0.468. The van der Waals surface area contributed by atoms with Crippen molar-refractivity contribution in [2.24, 2.45) is 11.3 Å². The molecule has 0 aliphatic carbocycles. The predicted octanol–water partition coefficient (Wildman–Crippen LogP) is 5.20. The topological polar surface area (TPSA) is 0 Å². The lowest BCUT2D eigenvalue weighted by atomic mass is 9.78. The molecule has 1 unspecified atom stereocenters. The maximum atomic E-state index is 3.81. The lowest BCUT2D eigenvalue weighted by Gasteiger charge is -2.28. The van der Waals surface area contributed by atoms with Crippen molar-refractivity contribution in [3.8, 4) is 0 Å². The lowest BCUT2D eigenvalue weighted by Crippen LogP contribution is -2.15. The summed E-state index contributed by atoms with van der Waals surface area (Å²) < 4.78 is 0. The molecule has 0 saturated carbocycles. The fraction of sp³-hybridized carbons (Fsp3) is 0.857. The van der Waals surface area contributed by atoms with Gasteiger partial charge in [-0.25, -0.2) is 0 Å². The van der Waals surface area contributed by atoms with E-state index < -0.39 is 0 Å². The van der Waals surface area contributed by atoms with Crippen molar-refractivity contribution < 1.29 is 0 Å². The smallest absolute Gasteiger partial charge is 0.0326 e. The summed E-state index contributed by atoms with van der Waals surface area (Å²) in [6.45, 7) is 13.2. The third-order valence-corrected chi connectivity index (χ3v) is 3.37. The Labute approximate surface area is 90.8 Å². The van der Waals surface area contributed by atoms with Crippen LogP contribution in [-0.2, 0) is 0 Å². The van der Waals surface area contributed by atoms with Gasteiger partial charge in [0.15, 0.2) is 0 Å². The van der Waals surface area contributed by atoms with Gasteiger partial charge in [-0.1, -0.05) is 53.0 Å². The zero-order valence-corrected chi connectivity index (χ0v) is 10.6. The maximum Gasteiger partial charge on any atom is -0.0326 e. The van der Waals surface area contributed by atoms with Crippen LogP contribution in [0.25, 0.3) is 0 Å². The van der Waals surface area contributed by atoms with Gasteiger partial charge in [0.25, 0.3) is 0 Å². The summed E-state index contributed by atoms with van der Waals surface area (Å²) in [5.74, 6) is 0.857. The normalized spacial score (nSPS) is 15.5. The minimum Gasteiger partial charge on any atom is -0.103 e. The van der Waals surface area contributed by atoms with Crippen LogP contribution in [-0.4, -0.2) is 0 Å². The molecule has 0 aromatic heterocycles. The van der Waals surface area contributed by atoms with E-state index >= 15 is 0 Å². The fourth-order valence-electron chi connectivity index (χ4n) is 1.87. The second-order valence-corrected chi connectivity index (χ2v) is 5.28. The van der Waals surface area contributed by atoms with E-state index in [-0.39, 0.29) is 0 Å². The SMILES string of the molecule is C=CCCC(C)(CC)CCCC(C)C. The molecule has 1 atom stereocenters. The molecule has 0 rings (SSSR count). The molecule has 0 N–H and O–H groups in total. The zero-order valence-electron chi connectivity index (χ0n) is 10.6. The summed E-state index contributed by atoms with van der Waals surface area (Å²) >= 11 is 0. The highest BCUT2D eigenvalue weighted by atomic mass is 14.3. The average Bonchev–Trinajstić information content (AvgIpc) is 2.14. The third kappa shape index (κ3) is 6.23. The van der Waals surface area contributed by atoms with E-state index in [1.807, 2.05) is 0 Å². The Morgan fingerprint density at radius 2 is 1.93 bits per heavy atom. The largest absolute Gasteiger partial charge is 0.103 e. The molecule has 0 aliphatic rings. The van der Waals surface area contributed by atoms with Crippen molar-refractivity contribution in [1.29, 1.82) is 0 Å². The Hall–Kier alpha value is -0.260. The number of hydrogen-bond acceptors (Lipinski definition) is 0. The van der Waals surface area contributed by atoms with Crippen molar-refractivity contribution >= 4 is 0 Å². The molecule has 0 radical (unpaired) electrons. The fourth-order valence-corrected chi connectivity index (χ4v) is 1.87. The Morgan fingerprint density at radius 3 is 2.36 bits per heavy atom. The van der Waals surface area contributed by atoms with Crippen LogP contribution in [0.3, 0.4) is 0 Å². The molecular formula is C14H28. The summed E-state index contributed by atoms with van der Waals surface area (Å²) in [6, 6.07) is 0. The van der Waals surface area contributed by atoms with Crippen LogP contribution in [0, 0.1) is 11.3 Å². The molecule has 0 heteroatoms. The summed E-state index contributed by atoms with van der Waals surface area (Å²) in [6.07, 6.45) is 9.99. The Bertz CT molecular complexity index is 146. The van der Waals surface area contributed by atoms with E-state index in [4.69, 9.17) is 0 Å². The first-order valence-electron chi connectivity index (χ1n) is 6.15. The van der Waals surface area contributed by atoms with Crippen molar-refractivity contribution in [2.45, 2.75) is 66.2 Å². The van der Waals surface area contributed by atoms with Crippen LogP contribution in [0.15, 0.2) is 12.7 Å². The molecule has 0 saturated heterocycles. The van der Waals surface area contributed by atoms with Crippen LogP contribution >= 0.6 is 0 Å². The Balaban J connectivity index is 3.79. The highest BCUT2D eigenvalue weighted by Crippen LogP contribution is 2.33. The zero-order chi connectivity index (χ0) is 11.0. The second-order valence-electron chi connectivity index (χ2n) is 5.28. The molecule has 0 aromatic rings. The van der Waals surface area contributed by atoms with Gasteiger partial charge < -0.3 is 0 Å². The summed E-state index contributed by atoms with van der Waals surface area (Å²) in [5, 5.41) is 0. The van der Waals surface area contributed by atoms with Gasteiger partial charge in [-0.2, -0.15) is 0 Å². The molecule has 0 aliphatic heterocycles. The van der Waals surface area contributed by atoms with Crippen LogP contribution in [0.1, 0.15) is 66.2 Å². The average molecular weight is 196 g/mol. The van der Waals surface area contributed by atoms with E-state index in [1.54, 1.807) is 0 Å². The highest BCUT2D eigenvalue weighted by molar-refractivity contribution is 4.77. The summed E-state index contributed by atoms with van der Waals surface area (Å²) in [4.78, 5) is 0. The van der Waals surface area contributed by atoms with E-state index in [0.29, 0.717) is 5.41 Å². The van der Waals surface area contributed by atoms with Crippen LogP contribution in [0.4, 0.5) is 0 Å². The lowest BCUT2D eigenvalue weighted by molar-refractivity contribution is 0.249. The van der Waals surface area contributed by atoms with Gasteiger partial charge in [0.2, 0.25) is 0 Å². The first-order valence-corrected chi connectivity index (χ1v) is 6.15. The predicted molar refractivity (Wildman–Crippen MR) is 66.5 cm³/mol. The molecule has 84 valence electrons. The van der Waals surface area contributed by atoms with E-state index in [0.717, 1.165) is 5.92 Å². The van der Waals surface area contributed by atoms with Gasteiger partial charge >= 0.3 is 0 Å². The van der Waals surface area contributed by atoms with Gasteiger partial charge in [-0.15, -0.1) is 6.58 Å². The van der Waals surface area contributed by atoms with Crippen molar-refractivity contribution in [3.63, 3.8) is 0 Å². The van der Waals surface area contributed by atoms with Crippen molar-refractivity contribution in [2.75, 3.05) is 0 Å².